The van der Waals surface area contributed by atoms with Gasteiger partial charge in [0.1, 0.15) is 17.2 Å². The van der Waals surface area contributed by atoms with Crippen LogP contribution in [0.1, 0.15) is 16.1 Å². The normalized spacial score (nSPS) is 11.5. The van der Waals surface area contributed by atoms with Gasteiger partial charge in [0.2, 0.25) is 0 Å². The van der Waals surface area contributed by atoms with Crippen molar-refractivity contribution >= 4 is 41.1 Å². The number of benzene rings is 2. The Morgan fingerprint density at radius 3 is 2.47 bits per heavy atom. The predicted octanol–water partition coefficient (Wildman–Crippen LogP) is 4.70. The van der Waals surface area contributed by atoms with E-state index in [1.807, 2.05) is 25.1 Å². The molecule has 0 unspecified atom stereocenters. The van der Waals surface area contributed by atoms with Crippen LogP contribution >= 0.6 is 23.2 Å². The van der Waals surface area contributed by atoms with E-state index in [2.05, 4.69) is 10.6 Å². The fraction of sp³-hybridized carbons (Fsp3) is 0.167. The molecule has 2 amide bonds. The molecule has 8 heteroatoms. The number of carbonyl (C=O) groups is 2. The molecule has 0 saturated carbocycles. The Morgan fingerprint density at radius 2 is 1.78 bits per heavy atom. The van der Waals surface area contributed by atoms with Crippen LogP contribution in [0.25, 0.3) is 17.4 Å². The highest BCUT2D eigenvalue weighted by molar-refractivity contribution is 6.36. The maximum absolute atomic E-state index is 12.8. The Bertz CT molecular complexity index is 1120. The number of carbonyl (C=O) groups excluding carboxylic acids is 2. The summed E-state index contributed by atoms with van der Waals surface area (Å²) in [5.74, 6) is 0.0857. The molecule has 0 radical (unpaired) electrons. The number of hydrogen-bond acceptors (Lipinski definition) is 4. The third-order valence-corrected chi connectivity index (χ3v) is 5.03. The van der Waals surface area contributed by atoms with Gasteiger partial charge in [-0.1, -0.05) is 41.4 Å². The minimum Gasteiger partial charge on any atom is -0.457 e. The highest BCUT2D eigenvalue weighted by Crippen LogP contribution is 2.31. The minimum atomic E-state index is -0.418. The first-order valence-corrected chi connectivity index (χ1v) is 10.7. The third-order valence-electron chi connectivity index (χ3n) is 4.48. The van der Waals surface area contributed by atoms with Crippen LogP contribution in [0.2, 0.25) is 10.0 Å². The van der Waals surface area contributed by atoms with Gasteiger partial charge in [-0.3, -0.25) is 9.59 Å². The number of amides is 2. The van der Waals surface area contributed by atoms with Gasteiger partial charge in [-0.2, -0.15) is 0 Å². The fourth-order valence-electron chi connectivity index (χ4n) is 2.84. The second-order valence-electron chi connectivity index (χ2n) is 7.26. The molecule has 1 heterocycles. The number of hydrogen-bond donors (Lipinski definition) is 2. The van der Waals surface area contributed by atoms with E-state index in [4.69, 9.17) is 27.6 Å². The summed E-state index contributed by atoms with van der Waals surface area (Å²) in [7, 11) is 3.82. The second-order valence-corrected chi connectivity index (χ2v) is 8.11. The van der Waals surface area contributed by atoms with E-state index in [0.717, 1.165) is 0 Å². The van der Waals surface area contributed by atoms with E-state index in [1.54, 1.807) is 54.6 Å². The summed E-state index contributed by atoms with van der Waals surface area (Å²) in [6.45, 7) is 1.08. The zero-order valence-corrected chi connectivity index (χ0v) is 19.2. The van der Waals surface area contributed by atoms with Gasteiger partial charge in [-0.05, 0) is 56.6 Å². The smallest absolute Gasteiger partial charge is 0.267 e. The van der Waals surface area contributed by atoms with Crippen molar-refractivity contribution in [1.29, 1.82) is 0 Å². The molecular weight excluding hydrogens is 449 g/mol. The standard InChI is InChI=1S/C24H23Cl2N3O3/c1-29(2)13-12-27-24(31)21(28-23(30)16-6-4-3-5-7-16)15-18-9-11-22(32-18)19-10-8-17(25)14-20(19)26/h3-11,14-15H,12-13H2,1-2H3,(H,27,31)(H,28,30)/b21-15-. The van der Waals surface area contributed by atoms with Crippen molar-refractivity contribution in [1.82, 2.24) is 15.5 Å². The second kappa shape index (κ2) is 11.0. The molecule has 0 atom stereocenters. The first-order chi connectivity index (χ1) is 15.3. The summed E-state index contributed by atoms with van der Waals surface area (Å²) < 4.78 is 5.86. The van der Waals surface area contributed by atoms with Crippen molar-refractivity contribution in [2.75, 3.05) is 27.2 Å². The Labute approximate surface area is 196 Å². The Morgan fingerprint density at radius 1 is 1.03 bits per heavy atom. The van der Waals surface area contributed by atoms with E-state index in [0.29, 0.717) is 45.8 Å². The third kappa shape index (κ3) is 6.47. The zero-order chi connectivity index (χ0) is 23.1. The van der Waals surface area contributed by atoms with Gasteiger partial charge < -0.3 is 20.0 Å². The number of nitrogens with one attached hydrogen (secondary N) is 2. The Kier molecular flexibility index (Phi) is 8.11. The van der Waals surface area contributed by atoms with Gasteiger partial charge >= 0.3 is 0 Å². The van der Waals surface area contributed by atoms with Crippen LogP contribution < -0.4 is 10.6 Å². The summed E-state index contributed by atoms with van der Waals surface area (Å²) >= 11 is 12.2. The van der Waals surface area contributed by atoms with Gasteiger partial charge in [-0.15, -0.1) is 0 Å². The minimum absolute atomic E-state index is 0.0701. The van der Waals surface area contributed by atoms with Crippen LogP contribution in [0, 0.1) is 0 Å². The largest absolute Gasteiger partial charge is 0.457 e. The van der Waals surface area contributed by atoms with Crippen molar-refractivity contribution in [3.8, 4) is 11.3 Å². The number of furan rings is 1. The van der Waals surface area contributed by atoms with Crippen molar-refractivity contribution in [3.63, 3.8) is 0 Å². The van der Waals surface area contributed by atoms with E-state index in [-0.39, 0.29) is 5.70 Å². The van der Waals surface area contributed by atoms with Crippen LogP contribution in [0.5, 0.6) is 0 Å². The Balaban J connectivity index is 1.85. The molecule has 0 aliphatic heterocycles. The molecule has 6 nitrogen and oxygen atoms in total. The Hall–Kier alpha value is -3.06. The highest BCUT2D eigenvalue weighted by Gasteiger charge is 2.16. The molecule has 32 heavy (non-hydrogen) atoms. The average Bonchev–Trinajstić information content (AvgIpc) is 3.21. The van der Waals surface area contributed by atoms with E-state index in [9.17, 15) is 9.59 Å². The quantitative estimate of drug-likeness (QED) is 0.466. The summed E-state index contributed by atoms with van der Waals surface area (Å²) in [4.78, 5) is 27.4. The van der Waals surface area contributed by atoms with Crippen molar-refractivity contribution in [3.05, 3.63) is 87.7 Å². The molecule has 0 saturated heterocycles. The summed E-state index contributed by atoms with van der Waals surface area (Å²) in [5, 5.41) is 6.45. The summed E-state index contributed by atoms with van der Waals surface area (Å²) in [6, 6.07) is 17.2. The van der Waals surface area contributed by atoms with Crippen molar-refractivity contribution in [2.24, 2.45) is 0 Å². The predicted molar refractivity (Wildman–Crippen MR) is 128 cm³/mol. The molecule has 3 aromatic rings. The molecule has 0 fully saturated rings. The molecule has 1 aromatic heterocycles. The molecule has 166 valence electrons. The lowest BCUT2D eigenvalue weighted by Crippen LogP contribution is -2.37. The van der Waals surface area contributed by atoms with Crippen molar-refractivity contribution in [2.45, 2.75) is 0 Å². The van der Waals surface area contributed by atoms with Crippen LogP contribution in [0.15, 0.2) is 70.8 Å². The SMILES string of the molecule is CN(C)CCNC(=O)/C(=C/c1ccc(-c2ccc(Cl)cc2Cl)o1)NC(=O)c1ccccc1. The zero-order valence-electron chi connectivity index (χ0n) is 17.7. The number of nitrogens with zero attached hydrogens (tertiary/aromatic N) is 1. The summed E-state index contributed by atoms with van der Waals surface area (Å²) in [5.41, 5.74) is 1.18. The molecule has 2 aromatic carbocycles. The molecule has 0 bridgehead atoms. The van der Waals surface area contributed by atoms with Crippen LogP contribution in [-0.4, -0.2) is 43.9 Å². The van der Waals surface area contributed by atoms with Gasteiger partial charge in [0.05, 0.1) is 5.02 Å². The van der Waals surface area contributed by atoms with Crippen LogP contribution in [-0.2, 0) is 4.79 Å². The van der Waals surface area contributed by atoms with Gasteiger partial charge in [-0.25, -0.2) is 0 Å². The maximum Gasteiger partial charge on any atom is 0.267 e. The van der Waals surface area contributed by atoms with Crippen molar-refractivity contribution < 1.29 is 14.0 Å². The maximum atomic E-state index is 12.8. The average molecular weight is 472 g/mol. The lowest BCUT2D eigenvalue weighted by molar-refractivity contribution is -0.117. The lowest BCUT2D eigenvalue weighted by Gasteiger charge is -2.13. The molecule has 3 rings (SSSR count). The first-order valence-electron chi connectivity index (χ1n) is 9.90. The highest BCUT2D eigenvalue weighted by atomic mass is 35.5. The van der Waals surface area contributed by atoms with Crippen LogP contribution in [0.3, 0.4) is 0 Å². The first kappa shape index (κ1) is 23.6. The summed E-state index contributed by atoms with van der Waals surface area (Å²) in [6.07, 6.45) is 1.49. The van der Waals surface area contributed by atoms with Gasteiger partial charge in [0, 0.05) is 35.3 Å². The topological polar surface area (TPSA) is 74.6 Å². The van der Waals surface area contributed by atoms with Gasteiger partial charge in [0.15, 0.2) is 0 Å². The molecule has 0 spiro atoms. The molecule has 2 N–H and O–H groups in total. The van der Waals surface area contributed by atoms with E-state index < -0.39 is 11.8 Å². The van der Waals surface area contributed by atoms with E-state index in [1.165, 1.54) is 6.08 Å². The fourth-order valence-corrected chi connectivity index (χ4v) is 3.34. The van der Waals surface area contributed by atoms with Gasteiger partial charge in [0.25, 0.3) is 11.8 Å². The lowest BCUT2D eigenvalue weighted by atomic mass is 10.2. The van der Waals surface area contributed by atoms with Crippen LogP contribution in [0.4, 0.5) is 0 Å². The monoisotopic (exact) mass is 471 g/mol. The molecule has 0 aliphatic rings. The molecule has 0 aliphatic carbocycles. The number of likely N-dealkylation sites (N-methyl/N-ethyl adjacent to an activating group) is 1. The number of rotatable bonds is 8. The number of halogens is 2. The molecular formula is C24H23Cl2N3O3. The van der Waals surface area contributed by atoms with E-state index >= 15 is 0 Å².